The average Bonchev–Trinajstić information content (AvgIpc) is 2.53. The monoisotopic (exact) mass is 327 g/mol. The first kappa shape index (κ1) is 17.4. The molecule has 1 aromatic carbocycles. The maximum absolute atomic E-state index is 11.9. The van der Waals surface area contributed by atoms with E-state index in [1.54, 1.807) is 24.3 Å². The Balaban J connectivity index is 2.01. The lowest BCUT2D eigenvalue weighted by molar-refractivity contribution is -0.114. The lowest BCUT2D eigenvalue weighted by Crippen LogP contribution is -2.28. The lowest BCUT2D eigenvalue weighted by Gasteiger charge is -2.09. The molecule has 2 aromatic rings. The Bertz CT molecular complexity index is 713. The highest BCUT2D eigenvalue weighted by molar-refractivity contribution is 5.92. The van der Waals surface area contributed by atoms with Crippen LogP contribution < -0.4 is 16.0 Å². The summed E-state index contributed by atoms with van der Waals surface area (Å²) in [5.74, 6) is 0.508. The lowest BCUT2D eigenvalue weighted by atomic mass is 10.2. The standard InChI is InChI=1S/C17H21N5O2/c1-11(2)10-18-17(24)15-7-8-16(22-21-15)20-14-6-4-5-13(9-14)19-12(3)23/h4-9,11H,10H2,1-3H3,(H,18,24)(H,19,23)(H,20,22). The van der Waals surface area contributed by atoms with E-state index in [-0.39, 0.29) is 17.5 Å². The maximum atomic E-state index is 11.9. The van der Waals surface area contributed by atoms with Gasteiger partial charge in [0.15, 0.2) is 11.5 Å². The number of nitrogens with one attached hydrogen (secondary N) is 3. The van der Waals surface area contributed by atoms with Crippen LogP contribution in [-0.4, -0.2) is 28.6 Å². The van der Waals surface area contributed by atoms with E-state index in [0.29, 0.717) is 24.0 Å². The molecule has 0 aliphatic rings. The van der Waals surface area contributed by atoms with Gasteiger partial charge < -0.3 is 16.0 Å². The molecular formula is C17H21N5O2. The van der Waals surface area contributed by atoms with Crippen molar-refractivity contribution in [3.63, 3.8) is 0 Å². The summed E-state index contributed by atoms with van der Waals surface area (Å²) in [6, 6.07) is 10.5. The van der Waals surface area contributed by atoms with Crippen molar-refractivity contribution in [1.82, 2.24) is 15.5 Å². The molecule has 0 saturated carbocycles. The van der Waals surface area contributed by atoms with E-state index < -0.39 is 0 Å². The first-order valence-corrected chi connectivity index (χ1v) is 7.70. The summed E-state index contributed by atoms with van der Waals surface area (Å²) in [5, 5.41) is 16.5. The van der Waals surface area contributed by atoms with Crippen molar-refractivity contribution in [3.05, 3.63) is 42.1 Å². The van der Waals surface area contributed by atoms with Crippen molar-refractivity contribution in [1.29, 1.82) is 0 Å². The molecule has 0 bridgehead atoms. The minimum Gasteiger partial charge on any atom is -0.350 e. The second-order valence-electron chi connectivity index (χ2n) is 5.79. The van der Waals surface area contributed by atoms with Crippen molar-refractivity contribution in [2.24, 2.45) is 5.92 Å². The minimum absolute atomic E-state index is 0.135. The fraction of sp³-hybridized carbons (Fsp3) is 0.294. The van der Waals surface area contributed by atoms with Gasteiger partial charge in [-0.15, -0.1) is 10.2 Å². The normalized spacial score (nSPS) is 10.3. The van der Waals surface area contributed by atoms with E-state index in [4.69, 9.17) is 0 Å². The number of nitrogens with zero attached hydrogens (tertiary/aromatic N) is 2. The Labute approximate surface area is 140 Å². The van der Waals surface area contributed by atoms with Crippen molar-refractivity contribution in [2.45, 2.75) is 20.8 Å². The van der Waals surface area contributed by atoms with Crippen LogP contribution in [0.3, 0.4) is 0 Å². The zero-order valence-electron chi connectivity index (χ0n) is 14.0. The van der Waals surface area contributed by atoms with Gasteiger partial charge in [-0.05, 0) is 36.2 Å². The van der Waals surface area contributed by atoms with Crippen LogP contribution in [0.5, 0.6) is 0 Å². The fourth-order valence-corrected chi connectivity index (χ4v) is 1.93. The van der Waals surface area contributed by atoms with Crippen molar-refractivity contribution in [2.75, 3.05) is 17.2 Å². The largest absolute Gasteiger partial charge is 0.350 e. The van der Waals surface area contributed by atoms with Crippen molar-refractivity contribution >= 4 is 29.0 Å². The molecule has 0 saturated heterocycles. The van der Waals surface area contributed by atoms with E-state index in [1.165, 1.54) is 6.92 Å². The summed E-state index contributed by atoms with van der Waals surface area (Å²) in [6.07, 6.45) is 0. The number of hydrogen-bond acceptors (Lipinski definition) is 5. The van der Waals surface area contributed by atoms with Crippen LogP contribution >= 0.6 is 0 Å². The smallest absolute Gasteiger partial charge is 0.271 e. The molecule has 2 rings (SSSR count). The second kappa shape index (κ2) is 8.05. The Kier molecular flexibility index (Phi) is 5.83. The number of carbonyl (C=O) groups is 2. The molecule has 0 aliphatic carbocycles. The van der Waals surface area contributed by atoms with Gasteiger partial charge in [-0.1, -0.05) is 19.9 Å². The van der Waals surface area contributed by atoms with Crippen LogP contribution in [0.2, 0.25) is 0 Å². The first-order valence-electron chi connectivity index (χ1n) is 7.70. The van der Waals surface area contributed by atoms with Gasteiger partial charge in [-0.3, -0.25) is 9.59 Å². The molecule has 0 unspecified atom stereocenters. The number of benzene rings is 1. The Morgan fingerprint density at radius 2 is 1.83 bits per heavy atom. The number of carbonyl (C=O) groups excluding carboxylic acids is 2. The second-order valence-corrected chi connectivity index (χ2v) is 5.79. The van der Waals surface area contributed by atoms with Crippen LogP contribution in [0.25, 0.3) is 0 Å². The van der Waals surface area contributed by atoms with E-state index in [2.05, 4.69) is 26.1 Å². The molecule has 1 aromatic heterocycles. The maximum Gasteiger partial charge on any atom is 0.271 e. The summed E-state index contributed by atoms with van der Waals surface area (Å²) in [6.45, 7) is 6.09. The number of hydrogen-bond donors (Lipinski definition) is 3. The molecule has 0 aliphatic heterocycles. The van der Waals surface area contributed by atoms with E-state index in [9.17, 15) is 9.59 Å². The predicted molar refractivity (Wildman–Crippen MR) is 93.2 cm³/mol. The number of anilines is 3. The summed E-state index contributed by atoms with van der Waals surface area (Å²) in [4.78, 5) is 23.0. The highest BCUT2D eigenvalue weighted by atomic mass is 16.2. The molecular weight excluding hydrogens is 306 g/mol. The molecule has 7 nitrogen and oxygen atoms in total. The SMILES string of the molecule is CC(=O)Nc1cccc(Nc2ccc(C(=O)NCC(C)C)nn2)c1. The molecule has 1 heterocycles. The molecule has 0 spiro atoms. The third kappa shape index (κ3) is 5.35. The van der Waals surface area contributed by atoms with Crippen LogP contribution in [-0.2, 0) is 4.79 Å². The first-order chi connectivity index (χ1) is 11.4. The van der Waals surface area contributed by atoms with Gasteiger partial charge in [0.05, 0.1) is 0 Å². The molecule has 2 amide bonds. The minimum atomic E-state index is -0.240. The highest BCUT2D eigenvalue weighted by Gasteiger charge is 2.08. The van der Waals surface area contributed by atoms with E-state index >= 15 is 0 Å². The third-order valence-electron chi connectivity index (χ3n) is 3.02. The Morgan fingerprint density at radius 3 is 2.46 bits per heavy atom. The Hall–Kier alpha value is -2.96. The van der Waals surface area contributed by atoms with Gasteiger partial charge in [0.2, 0.25) is 5.91 Å². The van der Waals surface area contributed by atoms with Crippen LogP contribution in [0, 0.1) is 5.92 Å². The molecule has 126 valence electrons. The van der Waals surface area contributed by atoms with Crippen molar-refractivity contribution in [3.8, 4) is 0 Å². The van der Waals surface area contributed by atoms with Crippen LogP contribution in [0.1, 0.15) is 31.3 Å². The summed E-state index contributed by atoms with van der Waals surface area (Å²) in [5.41, 5.74) is 1.71. The number of rotatable bonds is 6. The third-order valence-corrected chi connectivity index (χ3v) is 3.02. The Morgan fingerprint density at radius 1 is 1.08 bits per heavy atom. The van der Waals surface area contributed by atoms with E-state index in [1.807, 2.05) is 26.0 Å². The van der Waals surface area contributed by atoms with E-state index in [0.717, 1.165) is 5.69 Å². The molecule has 7 heteroatoms. The number of amides is 2. The molecule has 0 atom stereocenters. The number of aromatic nitrogens is 2. The molecule has 3 N–H and O–H groups in total. The summed E-state index contributed by atoms with van der Waals surface area (Å²) in [7, 11) is 0. The van der Waals surface area contributed by atoms with Gasteiger partial charge in [0, 0.05) is 24.8 Å². The van der Waals surface area contributed by atoms with Crippen LogP contribution in [0.4, 0.5) is 17.2 Å². The van der Waals surface area contributed by atoms with Gasteiger partial charge in [-0.25, -0.2) is 0 Å². The summed E-state index contributed by atoms with van der Waals surface area (Å²) < 4.78 is 0. The van der Waals surface area contributed by atoms with Gasteiger partial charge in [0.25, 0.3) is 5.91 Å². The molecule has 24 heavy (non-hydrogen) atoms. The molecule has 0 radical (unpaired) electrons. The zero-order valence-corrected chi connectivity index (χ0v) is 14.0. The quantitative estimate of drug-likeness (QED) is 0.758. The van der Waals surface area contributed by atoms with Gasteiger partial charge in [0.1, 0.15) is 0 Å². The summed E-state index contributed by atoms with van der Waals surface area (Å²) >= 11 is 0. The fourth-order valence-electron chi connectivity index (χ4n) is 1.93. The zero-order chi connectivity index (χ0) is 17.5. The topological polar surface area (TPSA) is 96.0 Å². The average molecular weight is 327 g/mol. The van der Waals surface area contributed by atoms with Gasteiger partial charge >= 0.3 is 0 Å². The highest BCUT2D eigenvalue weighted by Crippen LogP contribution is 2.18. The predicted octanol–water partition coefficient (Wildman–Crippen LogP) is 2.56. The van der Waals surface area contributed by atoms with Crippen LogP contribution in [0.15, 0.2) is 36.4 Å². The molecule has 0 fully saturated rings. The van der Waals surface area contributed by atoms with Gasteiger partial charge in [-0.2, -0.15) is 0 Å². The van der Waals surface area contributed by atoms with Crippen molar-refractivity contribution < 1.29 is 9.59 Å².